The average molecular weight is 202 g/mol. The molecule has 1 atom stereocenters. The van der Waals surface area contributed by atoms with Gasteiger partial charge in [0.15, 0.2) is 0 Å². The summed E-state index contributed by atoms with van der Waals surface area (Å²) in [7, 11) is 0. The molecule has 1 saturated carbocycles. The van der Waals surface area contributed by atoms with Gasteiger partial charge in [-0.05, 0) is 56.2 Å². The first-order chi connectivity index (χ1) is 7.38. The summed E-state index contributed by atoms with van der Waals surface area (Å²) in [6.07, 6.45) is 6.34. The van der Waals surface area contributed by atoms with E-state index in [1.807, 2.05) is 0 Å². The standard InChI is InChI=1S/C13H18N2/c14-8-10-2-1-3-13-11(10)6-7-12(15-13)9-4-5-9/h6-7,9-10H,1-5,8,14H2. The molecule has 1 aromatic rings. The Morgan fingerprint density at radius 1 is 1.27 bits per heavy atom. The minimum atomic E-state index is 0.564. The van der Waals surface area contributed by atoms with E-state index in [-0.39, 0.29) is 0 Å². The van der Waals surface area contributed by atoms with Crippen molar-refractivity contribution >= 4 is 0 Å². The van der Waals surface area contributed by atoms with E-state index in [0.29, 0.717) is 5.92 Å². The van der Waals surface area contributed by atoms with Gasteiger partial charge in [0, 0.05) is 17.3 Å². The van der Waals surface area contributed by atoms with Gasteiger partial charge >= 0.3 is 0 Å². The molecule has 2 aliphatic rings. The van der Waals surface area contributed by atoms with E-state index in [0.717, 1.165) is 18.9 Å². The molecule has 0 bridgehead atoms. The van der Waals surface area contributed by atoms with Crippen LogP contribution < -0.4 is 5.73 Å². The van der Waals surface area contributed by atoms with Crippen molar-refractivity contribution in [2.75, 3.05) is 6.54 Å². The number of aromatic nitrogens is 1. The summed E-state index contributed by atoms with van der Waals surface area (Å²) in [4.78, 5) is 4.82. The number of pyridine rings is 1. The number of hydrogen-bond donors (Lipinski definition) is 1. The van der Waals surface area contributed by atoms with Crippen LogP contribution in [-0.4, -0.2) is 11.5 Å². The van der Waals surface area contributed by atoms with Crippen molar-refractivity contribution < 1.29 is 0 Å². The number of rotatable bonds is 2. The van der Waals surface area contributed by atoms with Crippen LogP contribution >= 0.6 is 0 Å². The first-order valence-corrected chi connectivity index (χ1v) is 6.08. The molecule has 0 radical (unpaired) electrons. The molecular weight excluding hydrogens is 184 g/mol. The molecule has 2 aliphatic carbocycles. The number of fused-ring (bicyclic) bond motifs is 1. The van der Waals surface area contributed by atoms with Crippen molar-refractivity contribution in [1.29, 1.82) is 0 Å². The minimum absolute atomic E-state index is 0.564. The molecule has 1 fully saturated rings. The van der Waals surface area contributed by atoms with Crippen LogP contribution in [-0.2, 0) is 6.42 Å². The smallest absolute Gasteiger partial charge is 0.0442 e. The third-order valence-electron chi connectivity index (χ3n) is 3.72. The molecule has 0 aliphatic heterocycles. The SMILES string of the molecule is NCC1CCCc2nc(C3CC3)ccc21. The molecule has 1 heterocycles. The van der Waals surface area contributed by atoms with E-state index in [4.69, 9.17) is 10.7 Å². The maximum atomic E-state index is 5.80. The fraction of sp³-hybridized carbons (Fsp3) is 0.615. The fourth-order valence-electron chi connectivity index (χ4n) is 2.62. The van der Waals surface area contributed by atoms with Gasteiger partial charge in [-0.3, -0.25) is 4.98 Å². The van der Waals surface area contributed by atoms with Crippen molar-refractivity contribution in [3.05, 3.63) is 29.1 Å². The van der Waals surface area contributed by atoms with E-state index in [2.05, 4.69) is 12.1 Å². The van der Waals surface area contributed by atoms with E-state index in [1.165, 1.54) is 42.6 Å². The summed E-state index contributed by atoms with van der Waals surface area (Å²) >= 11 is 0. The summed E-state index contributed by atoms with van der Waals surface area (Å²) in [6, 6.07) is 4.51. The van der Waals surface area contributed by atoms with Crippen molar-refractivity contribution in [1.82, 2.24) is 4.98 Å². The molecule has 2 nitrogen and oxygen atoms in total. The van der Waals surface area contributed by atoms with Gasteiger partial charge in [0.25, 0.3) is 0 Å². The largest absolute Gasteiger partial charge is 0.330 e. The monoisotopic (exact) mass is 202 g/mol. The number of aryl methyl sites for hydroxylation is 1. The number of nitrogens with zero attached hydrogens (tertiary/aromatic N) is 1. The van der Waals surface area contributed by atoms with Gasteiger partial charge in [-0.25, -0.2) is 0 Å². The Hall–Kier alpha value is -0.890. The lowest BCUT2D eigenvalue weighted by Crippen LogP contribution is -2.19. The highest BCUT2D eigenvalue weighted by atomic mass is 14.7. The lowest BCUT2D eigenvalue weighted by atomic mass is 9.85. The van der Waals surface area contributed by atoms with Crippen molar-refractivity contribution in [3.63, 3.8) is 0 Å². The second kappa shape index (κ2) is 3.60. The third kappa shape index (κ3) is 1.67. The molecular formula is C13H18N2. The van der Waals surface area contributed by atoms with Crippen LogP contribution in [0.3, 0.4) is 0 Å². The predicted octanol–water partition coefficient (Wildman–Crippen LogP) is 2.34. The van der Waals surface area contributed by atoms with Gasteiger partial charge in [-0.1, -0.05) is 6.07 Å². The van der Waals surface area contributed by atoms with Crippen molar-refractivity contribution in [2.24, 2.45) is 5.73 Å². The molecule has 1 unspecified atom stereocenters. The number of nitrogens with two attached hydrogens (primary N) is 1. The third-order valence-corrected chi connectivity index (χ3v) is 3.72. The highest BCUT2D eigenvalue weighted by molar-refractivity contribution is 5.31. The van der Waals surface area contributed by atoms with E-state index < -0.39 is 0 Å². The van der Waals surface area contributed by atoms with Crippen LogP contribution in [0.5, 0.6) is 0 Å². The first-order valence-electron chi connectivity index (χ1n) is 6.08. The second-order valence-corrected chi connectivity index (χ2v) is 4.87. The molecule has 0 amide bonds. The zero-order chi connectivity index (χ0) is 10.3. The summed E-state index contributed by atoms with van der Waals surface area (Å²) in [5.74, 6) is 1.34. The average Bonchev–Trinajstić information content (AvgIpc) is 3.11. The molecule has 0 spiro atoms. The van der Waals surface area contributed by atoms with Gasteiger partial charge in [0.1, 0.15) is 0 Å². The lowest BCUT2D eigenvalue weighted by molar-refractivity contribution is 0.549. The van der Waals surface area contributed by atoms with Crippen LogP contribution in [0.1, 0.15) is 54.5 Å². The molecule has 0 aromatic carbocycles. The maximum Gasteiger partial charge on any atom is 0.0442 e. The van der Waals surface area contributed by atoms with Crippen molar-refractivity contribution in [3.8, 4) is 0 Å². The first kappa shape index (κ1) is 9.34. The number of hydrogen-bond acceptors (Lipinski definition) is 2. The Morgan fingerprint density at radius 3 is 2.87 bits per heavy atom. The van der Waals surface area contributed by atoms with Gasteiger partial charge < -0.3 is 5.73 Å². The highest BCUT2D eigenvalue weighted by Gasteiger charge is 2.27. The normalized spacial score (nSPS) is 25.0. The summed E-state index contributed by atoms with van der Waals surface area (Å²) < 4.78 is 0. The zero-order valence-corrected chi connectivity index (χ0v) is 9.08. The van der Waals surface area contributed by atoms with E-state index in [1.54, 1.807) is 0 Å². The second-order valence-electron chi connectivity index (χ2n) is 4.87. The van der Waals surface area contributed by atoms with Crippen LogP contribution in [0, 0.1) is 0 Å². The Balaban J connectivity index is 1.96. The molecule has 0 saturated heterocycles. The Morgan fingerprint density at radius 2 is 2.13 bits per heavy atom. The quantitative estimate of drug-likeness (QED) is 0.799. The minimum Gasteiger partial charge on any atom is -0.330 e. The van der Waals surface area contributed by atoms with Gasteiger partial charge in [-0.2, -0.15) is 0 Å². The van der Waals surface area contributed by atoms with Gasteiger partial charge in [-0.15, -0.1) is 0 Å². The molecule has 1 aromatic heterocycles. The topological polar surface area (TPSA) is 38.9 Å². The predicted molar refractivity (Wildman–Crippen MR) is 60.9 cm³/mol. The van der Waals surface area contributed by atoms with E-state index in [9.17, 15) is 0 Å². The van der Waals surface area contributed by atoms with Crippen LogP contribution in [0.4, 0.5) is 0 Å². The maximum absolute atomic E-state index is 5.80. The van der Waals surface area contributed by atoms with Gasteiger partial charge in [0.2, 0.25) is 0 Å². The summed E-state index contributed by atoms with van der Waals surface area (Å²) in [5.41, 5.74) is 9.88. The Kier molecular flexibility index (Phi) is 2.24. The Bertz CT molecular complexity index is 369. The molecule has 3 rings (SSSR count). The fourth-order valence-corrected chi connectivity index (χ4v) is 2.62. The van der Waals surface area contributed by atoms with Gasteiger partial charge in [0.05, 0.1) is 0 Å². The highest BCUT2D eigenvalue weighted by Crippen LogP contribution is 2.40. The van der Waals surface area contributed by atoms with E-state index >= 15 is 0 Å². The van der Waals surface area contributed by atoms with Crippen LogP contribution in [0.2, 0.25) is 0 Å². The van der Waals surface area contributed by atoms with Crippen molar-refractivity contribution in [2.45, 2.75) is 43.9 Å². The molecule has 2 N–H and O–H groups in total. The lowest BCUT2D eigenvalue weighted by Gasteiger charge is -2.23. The molecule has 80 valence electrons. The van der Waals surface area contributed by atoms with Crippen LogP contribution in [0.15, 0.2) is 12.1 Å². The molecule has 15 heavy (non-hydrogen) atoms. The Labute approximate surface area is 90.9 Å². The zero-order valence-electron chi connectivity index (χ0n) is 9.08. The molecule has 2 heteroatoms. The summed E-state index contributed by atoms with van der Waals surface area (Å²) in [5, 5.41) is 0. The summed E-state index contributed by atoms with van der Waals surface area (Å²) in [6.45, 7) is 0.775. The van der Waals surface area contributed by atoms with Crippen LogP contribution in [0.25, 0.3) is 0 Å².